The Balaban J connectivity index is 1.40. The van der Waals surface area contributed by atoms with Crippen LogP contribution in [0.2, 0.25) is 0 Å². The van der Waals surface area contributed by atoms with Gasteiger partial charge in [0, 0.05) is 17.3 Å². The second-order valence-electron chi connectivity index (χ2n) is 7.48. The number of amides is 1. The number of rotatable bonds is 6. The van der Waals surface area contributed by atoms with Gasteiger partial charge in [-0.3, -0.25) is 9.48 Å². The Morgan fingerprint density at radius 2 is 1.87 bits per heavy atom. The second-order valence-corrected chi connectivity index (χ2v) is 7.48. The van der Waals surface area contributed by atoms with E-state index in [1.54, 1.807) is 6.08 Å². The zero-order valence-electron chi connectivity index (χ0n) is 17.4. The van der Waals surface area contributed by atoms with E-state index >= 15 is 0 Å². The van der Waals surface area contributed by atoms with Gasteiger partial charge >= 0.3 is 0 Å². The Labute approximate surface area is 175 Å². The molecule has 0 radical (unpaired) electrons. The maximum absolute atomic E-state index is 12.3. The van der Waals surface area contributed by atoms with Gasteiger partial charge in [0.25, 0.3) is 0 Å². The lowest BCUT2D eigenvalue weighted by atomic mass is 10.1. The van der Waals surface area contributed by atoms with Crippen molar-refractivity contribution in [1.29, 1.82) is 0 Å². The molecular weight excluding hydrogens is 374 g/mol. The highest BCUT2D eigenvalue weighted by Crippen LogP contribution is 2.17. The number of nitrogens with zero attached hydrogens (tertiary/aromatic N) is 3. The summed E-state index contributed by atoms with van der Waals surface area (Å²) >= 11 is 0. The van der Waals surface area contributed by atoms with Crippen molar-refractivity contribution in [3.8, 4) is 0 Å². The number of imidazole rings is 1. The Bertz CT molecular complexity index is 1180. The van der Waals surface area contributed by atoms with Crippen LogP contribution < -0.4 is 5.32 Å². The average Bonchev–Trinajstić information content (AvgIpc) is 3.27. The number of para-hydroxylation sites is 2. The fourth-order valence-electron chi connectivity index (χ4n) is 3.45. The highest BCUT2D eigenvalue weighted by Gasteiger charge is 2.10. The third kappa shape index (κ3) is 4.33. The minimum absolute atomic E-state index is 0.166. The summed E-state index contributed by atoms with van der Waals surface area (Å²) in [5, 5.41) is 7.52. The lowest BCUT2D eigenvalue weighted by Crippen LogP contribution is -2.20. The summed E-state index contributed by atoms with van der Waals surface area (Å²) in [6, 6.07) is 16.2. The minimum Gasteiger partial charge on any atom is -0.345 e. The van der Waals surface area contributed by atoms with Gasteiger partial charge in [0.05, 0.1) is 29.8 Å². The predicted molar refractivity (Wildman–Crippen MR) is 119 cm³/mol. The van der Waals surface area contributed by atoms with Crippen molar-refractivity contribution in [3.63, 3.8) is 0 Å². The molecule has 6 heteroatoms. The summed E-state index contributed by atoms with van der Waals surface area (Å²) in [6.07, 6.45) is 3.38. The van der Waals surface area contributed by atoms with E-state index in [0.717, 1.165) is 33.8 Å². The number of fused-ring (bicyclic) bond motifs is 1. The first-order valence-corrected chi connectivity index (χ1v) is 9.98. The molecule has 0 aliphatic heterocycles. The summed E-state index contributed by atoms with van der Waals surface area (Å²) in [5.74, 6) is 0.566. The monoisotopic (exact) mass is 399 g/mol. The molecule has 0 atom stereocenters. The normalized spacial score (nSPS) is 11.4. The molecule has 1 amide bonds. The number of aromatic nitrogens is 4. The molecule has 2 heterocycles. The largest absolute Gasteiger partial charge is 0.345 e. The summed E-state index contributed by atoms with van der Waals surface area (Å²) in [5.41, 5.74) is 7.21. The van der Waals surface area contributed by atoms with E-state index in [9.17, 15) is 4.79 Å². The van der Waals surface area contributed by atoms with Crippen molar-refractivity contribution in [1.82, 2.24) is 25.1 Å². The maximum atomic E-state index is 12.3. The molecule has 0 unspecified atom stereocenters. The molecule has 0 fully saturated rings. The number of hydrogen-bond donors (Lipinski definition) is 2. The average molecular weight is 399 g/mol. The fraction of sp³-hybridized carbons (Fsp3) is 0.208. The van der Waals surface area contributed by atoms with Crippen LogP contribution in [0.15, 0.2) is 54.6 Å². The van der Waals surface area contributed by atoms with E-state index in [4.69, 9.17) is 0 Å². The van der Waals surface area contributed by atoms with Crippen LogP contribution in [0.1, 0.15) is 33.9 Å². The first-order valence-electron chi connectivity index (χ1n) is 9.98. The highest BCUT2D eigenvalue weighted by molar-refractivity contribution is 5.92. The van der Waals surface area contributed by atoms with Gasteiger partial charge in [-0.1, -0.05) is 42.0 Å². The van der Waals surface area contributed by atoms with Gasteiger partial charge in [0.15, 0.2) is 0 Å². The molecule has 0 saturated carbocycles. The maximum Gasteiger partial charge on any atom is 0.244 e. The first-order chi connectivity index (χ1) is 14.5. The zero-order chi connectivity index (χ0) is 21.1. The van der Waals surface area contributed by atoms with E-state index in [1.807, 2.05) is 48.9 Å². The van der Waals surface area contributed by atoms with E-state index in [-0.39, 0.29) is 5.91 Å². The lowest BCUT2D eigenvalue weighted by molar-refractivity contribution is -0.116. The van der Waals surface area contributed by atoms with Crippen LogP contribution in [0.4, 0.5) is 0 Å². The standard InChI is InChI=1S/C24H25N5O/c1-16-8-10-19(11-9-16)15-29-18(3)20(17(2)28-29)12-13-24(30)25-14-23-26-21-6-4-5-7-22(21)27-23/h4-13H,14-15H2,1-3H3,(H,25,30)(H,26,27)/b13-12+. The van der Waals surface area contributed by atoms with Gasteiger partial charge in [-0.2, -0.15) is 5.10 Å². The molecule has 6 nitrogen and oxygen atoms in total. The molecule has 0 bridgehead atoms. The Hall–Kier alpha value is -3.67. The number of benzene rings is 2. The van der Waals surface area contributed by atoms with Gasteiger partial charge in [-0.25, -0.2) is 4.98 Å². The summed E-state index contributed by atoms with van der Waals surface area (Å²) in [4.78, 5) is 20.0. The minimum atomic E-state index is -0.166. The quantitative estimate of drug-likeness (QED) is 0.480. The number of hydrogen-bond acceptors (Lipinski definition) is 3. The fourth-order valence-corrected chi connectivity index (χ4v) is 3.45. The number of nitrogens with one attached hydrogen (secondary N) is 2. The van der Waals surface area contributed by atoms with Gasteiger partial charge in [-0.15, -0.1) is 0 Å². The van der Waals surface area contributed by atoms with E-state index in [0.29, 0.717) is 13.1 Å². The van der Waals surface area contributed by atoms with Gasteiger partial charge in [0.2, 0.25) is 5.91 Å². The van der Waals surface area contributed by atoms with Crippen LogP contribution in [-0.4, -0.2) is 25.7 Å². The molecule has 2 aromatic carbocycles. The van der Waals surface area contributed by atoms with Crippen molar-refractivity contribution in [2.75, 3.05) is 0 Å². The van der Waals surface area contributed by atoms with Crippen LogP contribution >= 0.6 is 0 Å². The SMILES string of the molecule is Cc1ccc(Cn2nc(C)c(/C=C/C(=O)NCc3nc4ccccc4[nH]3)c2C)cc1. The molecule has 4 rings (SSSR count). The molecule has 0 saturated heterocycles. The van der Waals surface area contributed by atoms with Crippen molar-refractivity contribution in [2.24, 2.45) is 0 Å². The molecule has 0 aliphatic rings. The van der Waals surface area contributed by atoms with Crippen molar-refractivity contribution in [3.05, 3.63) is 88.5 Å². The molecule has 30 heavy (non-hydrogen) atoms. The number of aromatic amines is 1. The van der Waals surface area contributed by atoms with Crippen molar-refractivity contribution < 1.29 is 4.79 Å². The molecule has 152 valence electrons. The van der Waals surface area contributed by atoms with E-state index in [2.05, 4.69) is 51.6 Å². The number of carbonyl (C=O) groups is 1. The molecule has 2 aromatic heterocycles. The predicted octanol–water partition coefficient (Wildman–Crippen LogP) is 4.06. The van der Waals surface area contributed by atoms with Crippen molar-refractivity contribution >= 4 is 23.0 Å². The van der Waals surface area contributed by atoms with Crippen LogP contribution in [0, 0.1) is 20.8 Å². The summed E-state index contributed by atoms with van der Waals surface area (Å²) in [7, 11) is 0. The Kier molecular flexibility index (Phi) is 5.48. The van der Waals surface area contributed by atoms with Crippen LogP contribution in [0.25, 0.3) is 17.1 Å². The number of H-pyrrole nitrogens is 1. The van der Waals surface area contributed by atoms with Gasteiger partial charge < -0.3 is 10.3 Å². The second kappa shape index (κ2) is 8.37. The molecule has 0 spiro atoms. The van der Waals surface area contributed by atoms with Gasteiger partial charge in [0.1, 0.15) is 5.82 Å². The zero-order valence-corrected chi connectivity index (χ0v) is 17.4. The highest BCUT2D eigenvalue weighted by atomic mass is 16.1. The Morgan fingerprint density at radius 3 is 2.63 bits per heavy atom. The third-order valence-electron chi connectivity index (χ3n) is 5.16. The molecule has 0 aliphatic carbocycles. The van der Waals surface area contributed by atoms with Crippen LogP contribution in [0.5, 0.6) is 0 Å². The molecule has 2 N–H and O–H groups in total. The topological polar surface area (TPSA) is 75.6 Å². The van der Waals surface area contributed by atoms with Crippen LogP contribution in [-0.2, 0) is 17.9 Å². The summed E-state index contributed by atoms with van der Waals surface area (Å²) < 4.78 is 1.98. The Morgan fingerprint density at radius 1 is 1.10 bits per heavy atom. The lowest BCUT2D eigenvalue weighted by Gasteiger charge is -2.05. The number of carbonyl (C=O) groups excluding carboxylic acids is 1. The smallest absolute Gasteiger partial charge is 0.244 e. The molecular formula is C24H25N5O. The summed E-state index contributed by atoms with van der Waals surface area (Å²) in [6.45, 7) is 7.13. The third-order valence-corrected chi connectivity index (χ3v) is 5.16. The van der Waals surface area contributed by atoms with E-state index < -0.39 is 0 Å². The van der Waals surface area contributed by atoms with Crippen LogP contribution in [0.3, 0.4) is 0 Å². The molecule has 4 aromatic rings. The van der Waals surface area contributed by atoms with E-state index in [1.165, 1.54) is 11.1 Å². The number of aryl methyl sites for hydroxylation is 2. The van der Waals surface area contributed by atoms with Gasteiger partial charge in [-0.05, 0) is 44.5 Å². The first kappa shape index (κ1) is 19.6. The van der Waals surface area contributed by atoms with Crippen molar-refractivity contribution in [2.45, 2.75) is 33.9 Å².